The SMILES string of the molecule is Cc1ccc2[nH]c(=O)cc(C)c2c1.[Br]. The molecule has 0 saturated carbocycles. The number of H-pyrrole nitrogens is 1. The fourth-order valence-electron chi connectivity index (χ4n) is 1.54. The highest BCUT2D eigenvalue weighted by Gasteiger charge is 1.98. The fourth-order valence-corrected chi connectivity index (χ4v) is 1.54. The van der Waals surface area contributed by atoms with E-state index in [1.54, 1.807) is 6.07 Å². The number of fused-ring (bicyclic) bond motifs is 1. The number of aryl methyl sites for hydroxylation is 2. The molecular formula is C11H11BrNO. The molecule has 0 aliphatic carbocycles. The first-order valence-corrected chi connectivity index (χ1v) is 4.27. The van der Waals surface area contributed by atoms with Crippen molar-refractivity contribution >= 4 is 27.9 Å². The molecule has 0 saturated heterocycles. The maximum atomic E-state index is 11.1. The van der Waals surface area contributed by atoms with Crippen LogP contribution in [0.2, 0.25) is 0 Å². The molecule has 14 heavy (non-hydrogen) atoms. The average molecular weight is 253 g/mol. The molecule has 2 aromatic rings. The number of halogens is 1. The smallest absolute Gasteiger partial charge is 0.248 e. The lowest BCUT2D eigenvalue weighted by Crippen LogP contribution is -2.04. The first-order chi connectivity index (χ1) is 6.16. The Hall–Kier alpha value is -1.09. The van der Waals surface area contributed by atoms with Crippen LogP contribution in [0.1, 0.15) is 11.1 Å². The molecule has 0 atom stereocenters. The van der Waals surface area contributed by atoms with E-state index in [0.717, 1.165) is 16.5 Å². The Labute approximate surface area is 92.7 Å². The van der Waals surface area contributed by atoms with E-state index in [4.69, 9.17) is 0 Å². The Morgan fingerprint density at radius 2 is 1.86 bits per heavy atom. The van der Waals surface area contributed by atoms with Crippen LogP contribution in [0.25, 0.3) is 10.9 Å². The molecule has 0 amide bonds. The third-order valence-corrected chi connectivity index (χ3v) is 2.21. The molecule has 0 fully saturated rings. The predicted molar refractivity (Wildman–Crippen MR) is 63.0 cm³/mol. The molecule has 1 N–H and O–H groups in total. The highest BCUT2D eigenvalue weighted by molar-refractivity contribution is 8.93. The summed E-state index contributed by atoms with van der Waals surface area (Å²) in [4.78, 5) is 13.9. The zero-order chi connectivity index (χ0) is 9.42. The number of rotatable bonds is 0. The van der Waals surface area contributed by atoms with Crippen molar-refractivity contribution in [2.24, 2.45) is 0 Å². The van der Waals surface area contributed by atoms with Crippen molar-refractivity contribution in [2.75, 3.05) is 0 Å². The number of aromatic amines is 1. The van der Waals surface area contributed by atoms with E-state index in [1.165, 1.54) is 5.56 Å². The number of hydrogen-bond donors (Lipinski definition) is 1. The molecule has 3 heteroatoms. The standard InChI is InChI=1S/C11H11NO.Br/c1-7-3-4-10-9(5-7)8(2)6-11(13)12-10;/h3-6H,1-2H3,(H,12,13);. The van der Waals surface area contributed by atoms with Crippen LogP contribution in [0.3, 0.4) is 0 Å². The van der Waals surface area contributed by atoms with Gasteiger partial charge in [-0.2, -0.15) is 0 Å². The van der Waals surface area contributed by atoms with Crippen molar-refractivity contribution in [2.45, 2.75) is 13.8 Å². The van der Waals surface area contributed by atoms with E-state index < -0.39 is 0 Å². The second kappa shape index (κ2) is 3.96. The molecule has 73 valence electrons. The minimum Gasteiger partial charge on any atom is -0.322 e. The van der Waals surface area contributed by atoms with Crippen LogP contribution >= 0.6 is 17.0 Å². The van der Waals surface area contributed by atoms with Gasteiger partial charge in [-0.1, -0.05) is 11.6 Å². The number of aromatic nitrogens is 1. The van der Waals surface area contributed by atoms with Gasteiger partial charge in [-0.05, 0) is 31.5 Å². The van der Waals surface area contributed by atoms with Crippen molar-refractivity contribution in [3.63, 3.8) is 0 Å². The molecule has 0 aliphatic rings. The summed E-state index contributed by atoms with van der Waals surface area (Å²) in [5, 5.41) is 1.12. The molecule has 0 aliphatic heterocycles. The predicted octanol–water partition coefficient (Wildman–Crippen LogP) is 2.99. The summed E-state index contributed by atoms with van der Waals surface area (Å²) in [6, 6.07) is 7.65. The van der Waals surface area contributed by atoms with Crippen molar-refractivity contribution < 1.29 is 0 Å². The lowest BCUT2D eigenvalue weighted by Gasteiger charge is -2.01. The highest BCUT2D eigenvalue weighted by Crippen LogP contribution is 2.15. The van der Waals surface area contributed by atoms with Gasteiger partial charge in [0.15, 0.2) is 0 Å². The molecule has 0 unspecified atom stereocenters. The monoisotopic (exact) mass is 252 g/mol. The van der Waals surface area contributed by atoms with Gasteiger partial charge in [0.1, 0.15) is 0 Å². The maximum Gasteiger partial charge on any atom is 0.248 e. The topological polar surface area (TPSA) is 32.9 Å². The molecular weight excluding hydrogens is 242 g/mol. The quantitative estimate of drug-likeness (QED) is 0.769. The van der Waals surface area contributed by atoms with Crippen molar-refractivity contribution in [3.8, 4) is 0 Å². The van der Waals surface area contributed by atoms with Crippen LogP contribution < -0.4 is 5.56 Å². The normalized spacial score (nSPS) is 9.86. The van der Waals surface area contributed by atoms with Gasteiger partial charge in [0.2, 0.25) is 5.56 Å². The number of benzene rings is 1. The maximum absolute atomic E-state index is 11.1. The summed E-state index contributed by atoms with van der Waals surface area (Å²) in [5.74, 6) is 0. The molecule has 1 aromatic heterocycles. The van der Waals surface area contributed by atoms with Crippen LogP contribution in [0.5, 0.6) is 0 Å². The van der Waals surface area contributed by atoms with E-state index in [1.807, 2.05) is 26.0 Å². The highest BCUT2D eigenvalue weighted by atomic mass is 79.9. The first-order valence-electron chi connectivity index (χ1n) is 4.27. The largest absolute Gasteiger partial charge is 0.322 e. The van der Waals surface area contributed by atoms with Crippen molar-refractivity contribution in [1.29, 1.82) is 0 Å². The zero-order valence-corrected chi connectivity index (χ0v) is 9.68. The lowest BCUT2D eigenvalue weighted by atomic mass is 10.1. The van der Waals surface area contributed by atoms with Gasteiger partial charge in [0, 0.05) is 34.0 Å². The third kappa shape index (κ3) is 1.87. The van der Waals surface area contributed by atoms with Gasteiger partial charge in [-0.3, -0.25) is 4.79 Å². The van der Waals surface area contributed by atoms with Gasteiger partial charge in [-0.15, -0.1) is 0 Å². The summed E-state index contributed by atoms with van der Waals surface area (Å²) >= 11 is 0. The van der Waals surface area contributed by atoms with E-state index >= 15 is 0 Å². The lowest BCUT2D eigenvalue weighted by molar-refractivity contribution is 1.27. The molecule has 2 nitrogen and oxygen atoms in total. The van der Waals surface area contributed by atoms with Gasteiger partial charge in [0.25, 0.3) is 0 Å². The summed E-state index contributed by atoms with van der Waals surface area (Å²) in [6.07, 6.45) is 0. The Kier molecular flexibility index (Phi) is 3.11. The fraction of sp³-hybridized carbons (Fsp3) is 0.182. The summed E-state index contributed by atoms with van der Waals surface area (Å²) < 4.78 is 0. The Morgan fingerprint density at radius 1 is 1.14 bits per heavy atom. The number of nitrogens with one attached hydrogen (secondary N) is 1. The number of hydrogen-bond acceptors (Lipinski definition) is 1. The van der Waals surface area contributed by atoms with Gasteiger partial charge >= 0.3 is 0 Å². The Morgan fingerprint density at radius 3 is 2.57 bits per heavy atom. The molecule has 2 rings (SSSR count). The summed E-state index contributed by atoms with van der Waals surface area (Å²) in [5.41, 5.74) is 3.12. The van der Waals surface area contributed by atoms with Crippen molar-refractivity contribution in [1.82, 2.24) is 4.98 Å². The number of pyridine rings is 1. The van der Waals surface area contributed by atoms with Crippen LogP contribution in [0.4, 0.5) is 0 Å². The van der Waals surface area contributed by atoms with E-state index in [9.17, 15) is 4.79 Å². The summed E-state index contributed by atoms with van der Waals surface area (Å²) in [6.45, 7) is 4.00. The summed E-state index contributed by atoms with van der Waals surface area (Å²) in [7, 11) is 0. The Bertz CT molecular complexity index is 516. The first kappa shape index (κ1) is 11.0. The molecule has 0 spiro atoms. The molecule has 1 radical (unpaired) electrons. The molecule has 0 bridgehead atoms. The van der Waals surface area contributed by atoms with Gasteiger partial charge < -0.3 is 4.98 Å². The third-order valence-electron chi connectivity index (χ3n) is 2.21. The second-order valence-electron chi connectivity index (χ2n) is 3.37. The Balaban J connectivity index is 0.000000980. The van der Waals surface area contributed by atoms with Crippen LogP contribution in [0.15, 0.2) is 29.1 Å². The van der Waals surface area contributed by atoms with E-state index in [0.29, 0.717) is 0 Å². The van der Waals surface area contributed by atoms with Gasteiger partial charge in [-0.25, -0.2) is 0 Å². The second-order valence-corrected chi connectivity index (χ2v) is 3.37. The zero-order valence-electron chi connectivity index (χ0n) is 8.10. The van der Waals surface area contributed by atoms with E-state index in [2.05, 4.69) is 11.1 Å². The van der Waals surface area contributed by atoms with Crippen LogP contribution in [-0.2, 0) is 0 Å². The molecule has 1 heterocycles. The van der Waals surface area contributed by atoms with Crippen molar-refractivity contribution in [3.05, 3.63) is 45.7 Å². The minimum absolute atomic E-state index is 0. The average Bonchev–Trinajstić information content (AvgIpc) is 2.06. The van der Waals surface area contributed by atoms with Crippen LogP contribution in [0, 0.1) is 13.8 Å². The van der Waals surface area contributed by atoms with Gasteiger partial charge in [0.05, 0.1) is 0 Å². The molecule has 1 aromatic carbocycles. The van der Waals surface area contributed by atoms with E-state index in [-0.39, 0.29) is 22.5 Å². The van der Waals surface area contributed by atoms with Crippen LogP contribution in [-0.4, -0.2) is 4.98 Å². The minimum atomic E-state index is -0.0335.